The second-order valence-corrected chi connectivity index (χ2v) is 6.52. The van der Waals surface area contributed by atoms with Crippen molar-refractivity contribution in [3.8, 4) is 12.3 Å². The molecule has 18 heavy (non-hydrogen) atoms. The lowest BCUT2D eigenvalue weighted by molar-refractivity contribution is 0.233. The minimum atomic E-state index is -3.42. The first-order chi connectivity index (χ1) is 8.54. The summed E-state index contributed by atoms with van der Waals surface area (Å²) < 4.78 is 27.6. The average Bonchev–Trinajstić information content (AvgIpc) is 2.37. The monoisotopic (exact) mass is 273 g/mol. The van der Waals surface area contributed by atoms with Gasteiger partial charge in [0.15, 0.2) is 0 Å². The van der Waals surface area contributed by atoms with Gasteiger partial charge < -0.3 is 5.32 Å². The molecule has 0 bridgehead atoms. The van der Waals surface area contributed by atoms with E-state index in [0.29, 0.717) is 13.1 Å². The molecule has 0 aromatic carbocycles. The molecule has 0 radical (unpaired) electrons. The summed E-state index contributed by atoms with van der Waals surface area (Å²) in [5.41, 5.74) is 0. The van der Waals surface area contributed by atoms with Gasteiger partial charge in [-0.15, -0.1) is 6.42 Å². The summed E-state index contributed by atoms with van der Waals surface area (Å²) in [5.74, 6) is 2.38. The van der Waals surface area contributed by atoms with E-state index in [2.05, 4.69) is 11.2 Å². The molecule has 1 rings (SSSR count). The zero-order valence-electron chi connectivity index (χ0n) is 11.2. The Bertz CT molecular complexity index is 389. The van der Waals surface area contributed by atoms with Gasteiger partial charge in [0.2, 0.25) is 0 Å². The van der Waals surface area contributed by atoms with Crippen LogP contribution in [-0.2, 0) is 10.2 Å². The minimum absolute atomic E-state index is 0.0453. The zero-order chi connectivity index (χ0) is 13.6. The highest BCUT2D eigenvalue weighted by Gasteiger charge is 2.34. The van der Waals surface area contributed by atoms with E-state index < -0.39 is 10.2 Å². The van der Waals surface area contributed by atoms with Crippen LogP contribution in [0.25, 0.3) is 0 Å². The molecule has 0 aromatic rings. The predicted octanol–water partition coefficient (Wildman–Crippen LogP) is 0.260. The van der Waals surface area contributed by atoms with Crippen LogP contribution in [0, 0.1) is 12.3 Å². The van der Waals surface area contributed by atoms with Gasteiger partial charge >= 0.3 is 0 Å². The topological polar surface area (TPSA) is 52.7 Å². The van der Waals surface area contributed by atoms with Gasteiger partial charge in [-0.25, -0.2) is 0 Å². The van der Waals surface area contributed by atoms with E-state index in [0.717, 1.165) is 25.8 Å². The maximum Gasteiger partial charge on any atom is 0.282 e. The first-order valence-corrected chi connectivity index (χ1v) is 7.81. The SMILES string of the molecule is C#CCN(C)S(=O)(=O)N1CCCCC1CNCC. The third kappa shape index (κ3) is 3.69. The summed E-state index contributed by atoms with van der Waals surface area (Å²) in [6, 6.07) is 0.0453. The number of piperidine rings is 1. The highest BCUT2D eigenvalue weighted by Crippen LogP contribution is 2.21. The summed E-state index contributed by atoms with van der Waals surface area (Å²) in [4.78, 5) is 0. The van der Waals surface area contributed by atoms with Crippen molar-refractivity contribution in [3.63, 3.8) is 0 Å². The first-order valence-electron chi connectivity index (χ1n) is 6.41. The molecule has 1 unspecified atom stereocenters. The molecule has 104 valence electrons. The number of nitrogens with one attached hydrogen (secondary N) is 1. The van der Waals surface area contributed by atoms with Gasteiger partial charge in [-0.3, -0.25) is 0 Å². The van der Waals surface area contributed by atoms with Crippen LogP contribution in [0.15, 0.2) is 0 Å². The van der Waals surface area contributed by atoms with E-state index in [9.17, 15) is 8.42 Å². The Hall–Kier alpha value is -0.610. The second-order valence-electron chi connectivity index (χ2n) is 4.54. The van der Waals surface area contributed by atoms with Gasteiger partial charge in [-0.2, -0.15) is 17.0 Å². The molecule has 1 N–H and O–H groups in total. The number of hydrogen-bond acceptors (Lipinski definition) is 3. The first kappa shape index (κ1) is 15.4. The van der Waals surface area contributed by atoms with Gasteiger partial charge in [0.05, 0.1) is 6.54 Å². The molecule has 6 heteroatoms. The third-order valence-electron chi connectivity index (χ3n) is 3.21. The Morgan fingerprint density at radius 3 is 2.83 bits per heavy atom. The molecule has 0 saturated carbocycles. The highest BCUT2D eigenvalue weighted by molar-refractivity contribution is 7.86. The fraction of sp³-hybridized carbons (Fsp3) is 0.833. The van der Waals surface area contributed by atoms with Crippen LogP contribution in [0.3, 0.4) is 0 Å². The molecule has 5 nitrogen and oxygen atoms in total. The van der Waals surface area contributed by atoms with Gasteiger partial charge in [0.25, 0.3) is 10.2 Å². The van der Waals surface area contributed by atoms with Crippen molar-refractivity contribution < 1.29 is 8.42 Å². The molecule has 1 atom stereocenters. The molecule has 0 spiro atoms. The Morgan fingerprint density at radius 2 is 2.22 bits per heavy atom. The van der Waals surface area contributed by atoms with Crippen molar-refractivity contribution in [2.75, 3.05) is 33.2 Å². The van der Waals surface area contributed by atoms with Crippen LogP contribution in [0.5, 0.6) is 0 Å². The summed E-state index contributed by atoms with van der Waals surface area (Å²) >= 11 is 0. The van der Waals surface area contributed by atoms with Crippen LogP contribution < -0.4 is 5.32 Å². The van der Waals surface area contributed by atoms with E-state index in [1.54, 1.807) is 4.31 Å². The van der Waals surface area contributed by atoms with Crippen LogP contribution >= 0.6 is 0 Å². The Kier molecular flexibility index (Phi) is 6.09. The van der Waals surface area contributed by atoms with Crippen molar-refractivity contribution in [2.24, 2.45) is 0 Å². The summed E-state index contributed by atoms with van der Waals surface area (Å²) in [7, 11) is -1.88. The largest absolute Gasteiger partial charge is 0.315 e. The maximum absolute atomic E-state index is 12.4. The highest BCUT2D eigenvalue weighted by atomic mass is 32.2. The Labute approximate surface area is 111 Å². The Morgan fingerprint density at radius 1 is 1.50 bits per heavy atom. The van der Waals surface area contributed by atoms with Crippen molar-refractivity contribution >= 4 is 10.2 Å². The van der Waals surface area contributed by atoms with Crippen LogP contribution in [0.4, 0.5) is 0 Å². The number of terminal acetylenes is 1. The van der Waals surface area contributed by atoms with Gasteiger partial charge in [0.1, 0.15) is 0 Å². The summed E-state index contributed by atoms with van der Waals surface area (Å²) in [6.07, 6.45) is 8.10. The molecular formula is C12H23N3O2S. The van der Waals surface area contributed by atoms with Gasteiger partial charge in [0, 0.05) is 26.2 Å². The smallest absolute Gasteiger partial charge is 0.282 e. The maximum atomic E-state index is 12.4. The van der Waals surface area contributed by atoms with E-state index in [-0.39, 0.29) is 12.6 Å². The average molecular weight is 273 g/mol. The summed E-state index contributed by atoms with van der Waals surface area (Å²) in [6.45, 7) is 4.29. The molecule has 1 heterocycles. The van der Waals surface area contributed by atoms with E-state index in [4.69, 9.17) is 6.42 Å². The molecule has 1 aliphatic rings. The number of likely N-dealkylation sites (N-methyl/N-ethyl adjacent to an activating group) is 1. The quantitative estimate of drug-likeness (QED) is 0.706. The normalized spacial score (nSPS) is 22.0. The molecule has 1 aliphatic heterocycles. The molecule has 0 aromatic heterocycles. The van der Waals surface area contributed by atoms with Crippen molar-refractivity contribution in [2.45, 2.75) is 32.2 Å². The van der Waals surface area contributed by atoms with Crippen LogP contribution in [0.2, 0.25) is 0 Å². The van der Waals surface area contributed by atoms with Crippen LogP contribution in [0.1, 0.15) is 26.2 Å². The van der Waals surface area contributed by atoms with Crippen LogP contribution in [-0.4, -0.2) is 56.3 Å². The van der Waals surface area contributed by atoms with Gasteiger partial charge in [-0.05, 0) is 19.4 Å². The van der Waals surface area contributed by atoms with E-state index in [1.807, 2.05) is 6.92 Å². The standard InChI is InChI=1S/C12H23N3O2S/c1-4-9-14(3)18(16,17)15-10-7-6-8-12(15)11-13-5-2/h1,12-13H,5-11H2,2-3H3. The number of nitrogens with zero attached hydrogens (tertiary/aromatic N) is 2. The molecule has 0 aliphatic carbocycles. The molecule has 0 amide bonds. The van der Waals surface area contributed by atoms with E-state index >= 15 is 0 Å². The molecular weight excluding hydrogens is 250 g/mol. The lowest BCUT2D eigenvalue weighted by Gasteiger charge is -2.36. The third-order valence-corrected chi connectivity index (χ3v) is 5.20. The fourth-order valence-corrected chi connectivity index (χ4v) is 3.69. The van der Waals surface area contributed by atoms with Crippen molar-refractivity contribution in [1.82, 2.24) is 13.9 Å². The lowest BCUT2D eigenvalue weighted by Crippen LogP contribution is -2.52. The molecule has 1 saturated heterocycles. The van der Waals surface area contributed by atoms with E-state index in [1.165, 1.54) is 11.4 Å². The second kappa shape index (κ2) is 7.10. The lowest BCUT2D eigenvalue weighted by atomic mass is 10.1. The minimum Gasteiger partial charge on any atom is -0.315 e. The number of hydrogen-bond donors (Lipinski definition) is 1. The van der Waals surface area contributed by atoms with Crippen molar-refractivity contribution in [1.29, 1.82) is 0 Å². The summed E-state index contributed by atoms with van der Waals surface area (Å²) in [5, 5.41) is 3.23. The van der Waals surface area contributed by atoms with Gasteiger partial charge in [-0.1, -0.05) is 19.3 Å². The predicted molar refractivity (Wildman–Crippen MR) is 73.3 cm³/mol. The Balaban J connectivity index is 2.79. The zero-order valence-corrected chi connectivity index (χ0v) is 12.0. The number of rotatable bonds is 6. The van der Waals surface area contributed by atoms with Crippen molar-refractivity contribution in [3.05, 3.63) is 0 Å². The molecule has 1 fully saturated rings. The fourth-order valence-electron chi connectivity index (χ4n) is 2.18.